The molecule has 0 unspecified atom stereocenters. The van der Waals surface area contributed by atoms with Crippen molar-refractivity contribution in [2.45, 2.75) is 13.8 Å². The maximum Gasteiger partial charge on any atom is 0.483 e. The third-order valence-corrected chi connectivity index (χ3v) is 1.46. The van der Waals surface area contributed by atoms with E-state index in [-0.39, 0.29) is 10.5 Å². The standard InChI is InChI=1S/C6H9BClFO2/c1-4(7(10)11)3-6(8)5(2)9/h3,10-11H,1-2H3/b4-3+,6-5-. The van der Waals surface area contributed by atoms with E-state index in [1.54, 1.807) is 0 Å². The Labute approximate surface area is 70.1 Å². The fraction of sp³-hybridized carbons (Fsp3) is 0.333. The lowest BCUT2D eigenvalue weighted by Crippen LogP contribution is -2.12. The molecule has 0 aliphatic rings. The van der Waals surface area contributed by atoms with Crippen LogP contribution < -0.4 is 0 Å². The average Bonchev–Trinajstić information content (AvgIpc) is 1.87. The van der Waals surface area contributed by atoms with Crippen LogP contribution in [0.15, 0.2) is 22.4 Å². The molecule has 0 atom stereocenters. The summed E-state index contributed by atoms with van der Waals surface area (Å²) in [5.74, 6) is -0.549. The normalized spacial score (nSPS) is 14.5. The highest BCUT2D eigenvalue weighted by Gasteiger charge is 2.09. The van der Waals surface area contributed by atoms with E-state index >= 15 is 0 Å². The summed E-state index contributed by atoms with van der Waals surface area (Å²) >= 11 is 5.36. The zero-order valence-electron chi connectivity index (χ0n) is 6.31. The molecule has 11 heavy (non-hydrogen) atoms. The molecule has 0 aromatic rings. The second-order valence-corrected chi connectivity index (χ2v) is 2.55. The minimum absolute atomic E-state index is 0.115. The van der Waals surface area contributed by atoms with Gasteiger partial charge in [-0.2, -0.15) is 0 Å². The van der Waals surface area contributed by atoms with Gasteiger partial charge in [-0.05, 0) is 25.4 Å². The first-order valence-electron chi connectivity index (χ1n) is 3.01. The summed E-state index contributed by atoms with van der Waals surface area (Å²) < 4.78 is 12.3. The SMILES string of the molecule is C/C(=C\C(Cl)=C(/C)F)B(O)O. The van der Waals surface area contributed by atoms with Crippen LogP contribution in [0.2, 0.25) is 0 Å². The third-order valence-electron chi connectivity index (χ3n) is 1.09. The molecule has 62 valence electrons. The van der Waals surface area contributed by atoms with E-state index in [0.717, 1.165) is 0 Å². The summed E-state index contributed by atoms with van der Waals surface area (Å²) in [7, 11) is -1.58. The summed E-state index contributed by atoms with van der Waals surface area (Å²) in [6.07, 6.45) is 1.17. The van der Waals surface area contributed by atoms with Crippen LogP contribution in [0.25, 0.3) is 0 Å². The summed E-state index contributed by atoms with van der Waals surface area (Å²) in [5.41, 5.74) is 0.201. The van der Waals surface area contributed by atoms with Crippen molar-refractivity contribution in [3.63, 3.8) is 0 Å². The lowest BCUT2D eigenvalue weighted by atomic mass is 9.80. The lowest BCUT2D eigenvalue weighted by Gasteiger charge is -1.97. The Morgan fingerprint density at radius 2 is 1.91 bits per heavy atom. The van der Waals surface area contributed by atoms with Gasteiger partial charge in [-0.15, -0.1) is 0 Å². The number of halogens is 2. The van der Waals surface area contributed by atoms with Gasteiger partial charge in [0, 0.05) is 0 Å². The second kappa shape index (κ2) is 4.54. The van der Waals surface area contributed by atoms with Gasteiger partial charge in [0.15, 0.2) is 0 Å². The van der Waals surface area contributed by atoms with Crippen LogP contribution in [0.1, 0.15) is 13.8 Å². The van der Waals surface area contributed by atoms with E-state index < -0.39 is 12.9 Å². The topological polar surface area (TPSA) is 40.5 Å². The quantitative estimate of drug-likeness (QED) is 0.495. The number of hydrogen-bond donors (Lipinski definition) is 2. The lowest BCUT2D eigenvalue weighted by molar-refractivity contribution is 0.419. The van der Waals surface area contributed by atoms with Crippen LogP contribution in [0.4, 0.5) is 4.39 Å². The Balaban J connectivity index is 4.44. The molecule has 0 aliphatic carbocycles. The van der Waals surface area contributed by atoms with E-state index in [9.17, 15) is 4.39 Å². The zero-order valence-corrected chi connectivity index (χ0v) is 7.06. The molecule has 0 aromatic carbocycles. The van der Waals surface area contributed by atoms with E-state index in [4.69, 9.17) is 21.6 Å². The molecular weight excluding hydrogens is 169 g/mol. The smallest absolute Gasteiger partial charge is 0.423 e. The van der Waals surface area contributed by atoms with Gasteiger partial charge in [0.1, 0.15) is 5.83 Å². The van der Waals surface area contributed by atoms with Crippen molar-refractivity contribution in [1.82, 2.24) is 0 Å². The van der Waals surface area contributed by atoms with Crippen molar-refractivity contribution in [3.8, 4) is 0 Å². The van der Waals surface area contributed by atoms with E-state index in [1.165, 1.54) is 19.9 Å². The monoisotopic (exact) mass is 178 g/mol. The molecule has 0 saturated heterocycles. The molecule has 0 saturated carbocycles. The van der Waals surface area contributed by atoms with Crippen molar-refractivity contribution >= 4 is 18.7 Å². The fourth-order valence-electron chi connectivity index (χ4n) is 0.374. The summed E-state index contributed by atoms with van der Waals surface area (Å²) in [4.78, 5) is 0. The molecule has 0 amide bonds. The van der Waals surface area contributed by atoms with Gasteiger partial charge in [0.2, 0.25) is 0 Å². The number of allylic oxidation sites excluding steroid dienone is 4. The van der Waals surface area contributed by atoms with Crippen molar-refractivity contribution in [3.05, 3.63) is 22.4 Å². The van der Waals surface area contributed by atoms with Crippen LogP contribution in [-0.2, 0) is 0 Å². The first-order valence-corrected chi connectivity index (χ1v) is 3.39. The number of rotatable bonds is 2. The molecule has 0 aromatic heterocycles. The van der Waals surface area contributed by atoms with Gasteiger partial charge in [-0.25, -0.2) is 4.39 Å². The first-order chi connectivity index (χ1) is 4.95. The van der Waals surface area contributed by atoms with E-state index in [1.807, 2.05) is 0 Å². The highest BCUT2D eigenvalue weighted by Crippen LogP contribution is 2.13. The molecule has 0 aliphatic heterocycles. The minimum atomic E-state index is -1.58. The molecule has 0 fully saturated rings. The molecular formula is C6H9BClFO2. The predicted molar refractivity (Wildman–Crippen MR) is 43.6 cm³/mol. The van der Waals surface area contributed by atoms with E-state index in [0.29, 0.717) is 0 Å². The fourth-order valence-corrected chi connectivity index (χ4v) is 0.546. The maximum absolute atomic E-state index is 12.3. The zero-order chi connectivity index (χ0) is 9.02. The Bertz CT molecular complexity index is 197. The Hall–Kier alpha value is -0.315. The first kappa shape index (κ1) is 10.7. The molecule has 0 radical (unpaired) electrons. The van der Waals surface area contributed by atoms with Gasteiger partial charge in [-0.1, -0.05) is 11.6 Å². The Morgan fingerprint density at radius 3 is 2.18 bits per heavy atom. The van der Waals surface area contributed by atoms with Crippen molar-refractivity contribution < 1.29 is 14.4 Å². The van der Waals surface area contributed by atoms with Crippen LogP contribution in [0.5, 0.6) is 0 Å². The van der Waals surface area contributed by atoms with Gasteiger partial charge in [-0.3, -0.25) is 0 Å². The minimum Gasteiger partial charge on any atom is -0.423 e. The molecule has 0 bridgehead atoms. The van der Waals surface area contributed by atoms with Crippen molar-refractivity contribution in [2.24, 2.45) is 0 Å². The molecule has 0 heterocycles. The Kier molecular flexibility index (Phi) is 4.41. The van der Waals surface area contributed by atoms with Gasteiger partial charge >= 0.3 is 7.12 Å². The molecule has 2 nitrogen and oxygen atoms in total. The van der Waals surface area contributed by atoms with Gasteiger partial charge < -0.3 is 10.0 Å². The second-order valence-electron chi connectivity index (χ2n) is 2.14. The van der Waals surface area contributed by atoms with Crippen molar-refractivity contribution in [2.75, 3.05) is 0 Å². The van der Waals surface area contributed by atoms with Crippen LogP contribution in [0, 0.1) is 0 Å². The van der Waals surface area contributed by atoms with Crippen LogP contribution in [-0.4, -0.2) is 17.2 Å². The highest BCUT2D eigenvalue weighted by molar-refractivity contribution is 6.51. The van der Waals surface area contributed by atoms with Crippen molar-refractivity contribution in [1.29, 1.82) is 0 Å². The summed E-state index contributed by atoms with van der Waals surface area (Å²) in [6, 6.07) is 0. The van der Waals surface area contributed by atoms with E-state index in [2.05, 4.69) is 0 Å². The summed E-state index contributed by atoms with van der Waals surface area (Å²) in [6.45, 7) is 2.63. The van der Waals surface area contributed by atoms with Crippen LogP contribution >= 0.6 is 11.6 Å². The molecule has 0 spiro atoms. The molecule has 0 rings (SSSR count). The molecule has 2 N–H and O–H groups in total. The van der Waals surface area contributed by atoms with Crippen LogP contribution in [0.3, 0.4) is 0 Å². The molecule has 5 heteroatoms. The van der Waals surface area contributed by atoms with Gasteiger partial charge in [0.25, 0.3) is 0 Å². The predicted octanol–water partition coefficient (Wildman–Crippen LogP) is 1.38. The Morgan fingerprint density at radius 1 is 1.45 bits per heavy atom. The maximum atomic E-state index is 12.3. The average molecular weight is 178 g/mol. The summed E-state index contributed by atoms with van der Waals surface area (Å²) in [5, 5.41) is 17.0. The van der Waals surface area contributed by atoms with Gasteiger partial charge in [0.05, 0.1) is 5.03 Å². The number of hydrogen-bond acceptors (Lipinski definition) is 2. The largest absolute Gasteiger partial charge is 0.483 e. The highest BCUT2D eigenvalue weighted by atomic mass is 35.5. The third kappa shape index (κ3) is 4.19.